The monoisotopic (exact) mass is 432 g/mol. The summed E-state index contributed by atoms with van der Waals surface area (Å²) >= 11 is 0. The number of ether oxygens (including phenoxy) is 3. The van der Waals surface area contributed by atoms with Gasteiger partial charge in [-0.1, -0.05) is 18.2 Å². The lowest BCUT2D eigenvalue weighted by molar-refractivity contribution is 0.0730. The van der Waals surface area contributed by atoms with Crippen molar-refractivity contribution < 1.29 is 27.4 Å². The molecule has 160 valence electrons. The second kappa shape index (κ2) is 8.63. The molecule has 0 bridgehead atoms. The Bertz CT molecular complexity index is 1030. The van der Waals surface area contributed by atoms with Crippen LogP contribution < -0.4 is 14.8 Å². The maximum atomic E-state index is 12.9. The van der Waals surface area contributed by atoms with E-state index in [1.165, 1.54) is 16.4 Å². The van der Waals surface area contributed by atoms with Gasteiger partial charge in [0.2, 0.25) is 10.0 Å². The number of nitrogens with zero attached hydrogens (tertiary/aromatic N) is 1. The van der Waals surface area contributed by atoms with Crippen LogP contribution in [0.25, 0.3) is 0 Å². The maximum Gasteiger partial charge on any atom is 0.251 e. The summed E-state index contributed by atoms with van der Waals surface area (Å²) in [6.45, 7) is 3.68. The average Bonchev–Trinajstić information content (AvgIpc) is 2.78. The summed E-state index contributed by atoms with van der Waals surface area (Å²) in [5, 5.41) is 2.83. The normalized spacial score (nSPS) is 19.3. The minimum Gasteiger partial charge on any atom is -0.486 e. The van der Waals surface area contributed by atoms with Crippen molar-refractivity contribution in [2.75, 3.05) is 39.5 Å². The number of amides is 1. The Morgan fingerprint density at radius 1 is 1.13 bits per heavy atom. The van der Waals surface area contributed by atoms with Crippen LogP contribution in [0.4, 0.5) is 0 Å². The molecule has 30 heavy (non-hydrogen) atoms. The standard InChI is InChI=1S/C21H24N2O6S/c1-15-6-7-17(30(25,26)23-8-10-27-11-9-23)12-18(15)21(24)22-13-16-14-28-19-4-2-3-5-20(19)29-16/h2-7,12,16H,8-11,13-14H2,1H3,(H,22,24)/t16-/m1/s1. The molecule has 1 atom stereocenters. The number of carbonyl (C=O) groups is 1. The van der Waals surface area contributed by atoms with E-state index in [0.717, 1.165) is 0 Å². The molecule has 2 aliphatic heterocycles. The van der Waals surface area contributed by atoms with Crippen LogP contribution in [0.2, 0.25) is 0 Å². The van der Waals surface area contributed by atoms with Crippen molar-refractivity contribution in [3.05, 3.63) is 53.6 Å². The number of sulfonamides is 1. The first kappa shape index (κ1) is 20.6. The van der Waals surface area contributed by atoms with E-state index in [4.69, 9.17) is 14.2 Å². The van der Waals surface area contributed by atoms with E-state index < -0.39 is 10.0 Å². The molecular formula is C21H24N2O6S. The van der Waals surface area contributed by atoms with Crippen LogP contribution in [0.3, 0.4) is 0 Å². The van der Waals surface area contributed by atoms with Gasteiger partial charge in [-0.25, -0.2) is 8.42 Å². The lowest BCUT2D eigenvalue weighted by atomic mass is 10.1. The number of fused-ring (bicyclic) bond motifs is 1. The summed E-state index contributed by atoms with van der Waals surface area (Å²) in [5.74, 6) is 0.962. The van der Waals surface area contributed by atoms with Crippen molar-refractivity contribution in [3.8, 4) is 11.5 Å². The SMILES string of the molecule is Cc1ccc(S(=O)(=O)N2CCOCC2)cc1C(=O)NC[C@@H]1COc2ccccc2O1. The zero-order valence-electron chi connectivity index (χ0n) is 16.7. The second-order valence-corrected chi connectivity index (χ2v) is 9.14. The third-order valence-corrected chi connectivity index (χ3v) is 7.01. The minimum absolute atomic E-state index is 0.103. The van der Waals surface area contributed by atoms with Crippen LogP contribution >= 0.6 is 0 Å². The molecule has 9 heteroatoms. The molecule has 1 N–H and O–H groups in total. The smallest absolute Gasteiger partial charge is 0.251 e. The third-order valence-electron chi connectivity index (χ3n) is 5.12. The summed E-state index contributed by atoms with van der Waals surface area (Å²) in [6.07, 6.45) is -0.329. The molecule has 1 amide bonds. The van der Waals surface area contributed by atoms with Crippen molar-refractivity contribution in [2.45, 2.75) is 17.9 Å². The van der Waals surface area contributed by atoms with Gasteiger partial charge in [0.25, 0.3) is 5.91 Å². The molecule has 1 fully saturated rings. The van der Waals surface area contributed by atoms with Gasteiger partial charge in [-0.05, 0) is 36.8 Å². The predicted octanol–water partition coefficient (Wildman–Crippen LogP) is 1.59. The van der Waals surface area contributed by atoms with Gasteiger partial charge >= 0.3 is 0 Å². The highest BCUT2D eigenvalue weighted by Gasteiger charge is 2.28. The number of morpholine rings is 1. The lowest BCUT2D eigenvalue weighted by Crippen LogP contribution is -2.41. The maximum absolute atomic E-state index is 12.9. The lowest BCUT2D eigenvalue weighted by Gasteiger charge is -2.27. The first-order chi connectivity index (χ1) is 14.4. The molecule has 2 heterocycles. The van der Waals surface area contributed by atoms with Crippen molar-refractivity contribution in [1.29, 1.82) is 0 Å². The zero-order chi connectivity index (χ0) is 21.1. The number of aryl methyl sites for hydroxylation is 1. The third kappa shape index (κ3) is 4.28. The van der Waals surface area contributed by atoms with Gasteiger partial charge in [-0.15, -0.1) is 0 Å². The number of benzene rings is 2. The molecule has 2 aromatic rings. The largest absolute Gasteiger partial charge is 0.486 e. The molecule has 0 aliphatic carbocycles. The van der Waals surface area contributed by atoms with Gasteiger partial charge in [-0.3, -0.25) is 4.79 Å². The molecule has 0 saturated carbocycles. The van der Waals surface area contributed by atoms with E-state index in [1.54, 1.807) is 13.0 Å². The highest BCUT2D eigenvalue weighted by atomic mass is 32.2. The highest BCUT2D eigenvalue weighted by Crippen LogP contribution is 2.30. The Morgan fingerprint density at radius 2 is 1.87 bits per heavy atom. The van der Waals surface area contributed by atoms with Gasteiger partial charge in [0.05, 0.1) is 24.7 Å². The molecule has 4 rings (SSSR count). The molecule has 2 aliphatic rings. The quantitative estimate of drug-likeness (QED) is 0.771. The van der Waals surface area contributed by atoms with Gasteiger partial charge in [-0.2, -0.15) is 4.31 Å². The van der Waals surface area contributed by atoms with Crippen LogP contribution in [0.15, 0.2) is 47.4 Å². The van der Waals surface area contributed by atoms with Gasteiger partial charge in [0.1, 0.15) is 12.7 Å². The van der Waals surface area contributed by atoms with E-state index in [9.17, 15) is 13.2 Å². The first-order valence-corrected chi connectivity index (χ1v) is 11.2. The number of hydrogen-bond acceptors (Lipinski definition) is 6. The number of hydrogen-bond donors (Lipinski definition) is 1. The molecule has 0 aromatic heterocycles. The Morgan fingerprint density at radius 3 is 2.63 bits per heavy atom. The van der Waals surface area contributed by atoms with Crippen LogP contribution in [0.1, 0.15) is 15.9 Å². The van der Waals surface area contributed by atoms with Crippen LogP contribution in [0.5, 0.6) is 11.5 Å². The van der Waals surface area contributed by atoms with Crippen LogP contribution in [0, 0.1) is 6.92 Å². The molecule has 0 unspecified atom stereocenters. The molecule has 0 spiro atoms. The van der Waals surface area contributed by atoms with Gasteiger partial charge in [0, 0.05) is 18.7 Å². The molecule has 8 nitrogen and oxygen atoms in total. The summed E-state index contributed by atoms with van der Waals surface area (Å²) < 4.78 is 43.9. The average molecular weight is 432 g/mol. The number of para-hydroxylation sites is 2. The summed E-state index contributed by atoms with van der Waals surface area (Å²) in [6, 6.07) is 12.0. The van der Waals surface area contributed by atoms with Crippen molar-refractivity contribution in [2.24, 2.45) is 0 Å². The van der Waals surface area contributed by atoms with Crippen LogP contribution in [-0.4, -0.2) is 64.2 Å². The van der Waals surface area contributed by atoms with E-state index in [2.05, 4.69) is 5.32 Å². The second-order valence-electron chi connectivity index (χ2n) is 7.20. The number of rotatable bonds is 5. The molecular weight excluding hydrogens is 408 g/mol. The summed E-state index contributed by atoms with van der Waals surface area (Å²) in [7, 11) is -3.68. The fourth-order valence-corrected chi connectivity index (χ4v) is 4.84. The van der Waals surface area contributed by atoms with Crippen molar-refractivity contribution in [1.82, 2.24) is 9.62 Å². The van der Waals surface area contributed by atoms with E-state index in [1.807, 2.05) is 24.3 Å². The topological polar surface area (TPSA) is 94.2 Å². The molecule has 0 radical (unpaired) electrons. The molecule has 2 aromatic carbocycles. The Balaban J connectivity index is 1.45. The molecule has 1 saturated heterocycles. The number of carbonyl (C=O) groups excluding carboxylic acids is 1. The van der Waals surface area contributed by atoms with Gasteiger partial charge < -0.3 is 19.5 Å². The summed E-state index contributed by atoms with van der Waals surface area (Å²) in [5.41, 5.74) is 1.01. The Kier molecular flexibility index (Phi) is 5.94. The van der Waals surface area contributed by atoms with E-state index >= 15 is 0 Å². The number of nitrogens with one attached hydrogen (secondary N) is 1. The summed E-state index contributed by atoms with van der Waals surface area (Å²) in [4.78, 5) is 12.9. The minimum atomic E-state index is -3.68. The van der Waals surface area contributed by atoms with Crippen molar-refractivity contribution in [3.63, 3.8) is 0 Å². The fourth-order valence-electron chi connectivity index (χ4n) is 3.41. The van der Waals surface area contributed by atoms with Crippen LogP contribution in [-0.2, 0) is 14.8 Å². The zero-order valence-corrected chi connectivity index (χ0v) is 17.5. The first-order valence-electron chi connectivity index (χ1n) is 9.80. The highest BCUT2D eigenvalue weighted by molar-refractivity contribution is 7.89. The van der Waals surface area contributed by atoms with Crippen molar-refractivity contribution >= 4 is 15.9 Å². The Hall–Kier alpha value is -2.62. The van der Waals surface area contributed by atoms with Gasteiger partial charge in [0.15, 0.2) is 11.5 Å². The Labute approximate surface area is 175 Å². The predicted molar refractivity (Wildman–Crippen MR) is 109 cm³/mol. The van der Waals surface area contributed by atoms with E-state index in [-0.39, 0.29) is 23.5 Å². The fraction of sp³-hybridized carbons (Fsp3) is 0.381. The van der Waals surface area contributed by atoms with E-state index in [0.29, 0.717) is 55.5 Å².